The number of nitrogens with one attached hydrogen (secondary N) is 1. The van der Waals surface area contributed by atoms with Crippen LogP contribution in [0, 0.1) is 6.92 Å². The Morgan fingerprint density at radius 1 is 1.38 bits per heavy atom. The van der Waals surface area contributed by atoms with Crippen LogP contribution < -0.4 is 5.32 Å². The third kappa shape index (κ3) is 4.61. The number of carbonyl (C=O) groups excluding carboxylic acids is 1. The first-order valence-corrected chi connectivity index (χ1v) is 10.4. The first-order chi connectivity index (χ1) is 12.6. The molecule has 0 saturated carbocycles. The minimum absolute atomic E-state index is 0.0716. The van der Waals surface area contributed by atoms with E-state index in [0.29, 0.717) is 11.8 Å². The average molecular weight is 393 g/mol. The molecule has 26 heavy (non-hydrogen) atoms. The fraction of sp³-hybridized carbons (Fsp3) is 0.474. The van der Waals surface area contributed by atoms with Crippen LogP contribution in [0.2, 0.25) is 5.02 Å². The molecule has 5 nitrogen and oxygen atoms in total. The smallest absolute Gasteiger partial charge is 0.230 e. The van der Waals surface area contributed by atoms with E-state index in [9.17, 15) is 4.79 Å². The molecule has 1 N–H and O–H groups in total. The van der Waals surface area contributed by atoms with Gasteiger partial charge in [-0.3, -0.25) is 9.36 Å². The number of benzene rings is 1. The Morgan fingerprint density at radius 2 is 2.15 bits per heavy atom. The van der Waals surface area contributed by atoms with Crippen molar-refractivity contribution in [2.45, 2.75) is 37.9 Å². The van der Waals surface area contributed by atoms with Crippen LogP contribution in [0.15, 0.2) is 35.7 Å². The highest BCUT2D eigenvalue weighted by molar-refractivity contribution is 7.99. The molecule has 140 valence electrons. The molecule has 1 aliphatic heterocycles. The van der Waals surface area contributed by atoms with Crippen molar-refractivity contribution in [1.29, 1.82) is 0 Å². The highest BCUT2D eigenvalue weighted by atomic mass is 35.5. The van der Waals surface area contributed by atoms with Crippen molar-refractivity contribution in [2.24, 2.45) is 0 Å². The van der Waals surface area contributed by atoms with Gasteiger partial charge in [0.05, 0.1) is 11.4 Å². The Kier molecular flexibility index (Phi) is 6.62. The van der Waals surface area contributed by atoms with Crippen molar-refractivity contribution >= 4 is 29.3 Å². The van der Waals surface area contributed by atoms with E-state index in [4.69, 9.17) is 11.6 Å². The maximum Gasteiger partial charge on any atom is 0.230 e. The number of piperidine rings is 1. The lowest BCUT2D eigenvalue weighted by Crippen LogP contribution is -2.45. The SMILES string of the molecule is CCN1CCC(NC(=O)CSc2nccn2-c2cccc(Cl)c2C)CC1. The fourth-order valence-electron chi connectivity index (χ4n) is 3.23. The molecule has 0 bridgehead atoms. The lowest BCUT2D eigenvalue weighted by molar-refractivity contribution is -0.119. The lowest BCUT2D eigenvalue weighted by atomic mass is 10.1. The highest BCUT2D eigenvalue weighted by Crippen LogP contribution is 2.26. The van der Waals surface area contributed by atoms with Crippen LogP contribution in [0.1, 0.15) is 25.3 Å². The predicted octanol–water partition coefficient (Wildman–Crippen LogP) is 3.53. The molecule has 0 radical (unpaired) electrons. The molecule has 0 atom stereocenters. The molecule has 2 aromatic rings. The standard InChI is InChI=1S/C19H25ClN4OS/c1-3-23-10-7-15(8-11-23)22-18(25)13-26-19-21-9-12-24(19)17-6-4-5-16(20)14(17)2/h4-6,9,12,15H,3,7-8,10-11,13H2,1-2H3,(H,22,25). The quantitative estimate of drug-likeness (QED) is 0.764. The molecule has 2 heterocycles. The van der Waals surface area contributed by atoms with Crippen molar-refractivity contribution in [2.75, 3.05) is 25.4 Å². The Balaban J connectivity index is 1.57. The van der Waals surface area contributed by atoms with Crippen LogP contribution in [0.5, 0.6) is 0 Å². The van der Waals surface area contributed by atoms with Gasteiger partial charge >= 0.3 is 0 Å². The van der Waals surface area contributed by atoms with Gasteiger partial charge in [-0.05, 0) is 44.0 Å². The number of imidazole rings is 1. The summed E-state index contributed by atoms with van der Waals surface area (Å²) in [6, 6.07) is 6.10. The zero-order valence-electron chi connectivity index (χ0n) is 15.2. The molecule has 0 unspecified atom stereocenters. The van der Waals surface area contributed by atoms with E-state index in [-0.39, 0.29) is 5.91 Å². The zero-order chi connectivity index (χ0) is 18.5. The van der Waals surface area contributed by atoms with E-state index in [0.717, 1.165) is 53.9 Å². The summed E-state index contributed by atoms with van der Waals surface area (Å²) in [5, 5.41) is 4.68. The van der Waals surface area contributed by atoms with Gasteiger partial charge in [0.2, 0.25) is 5.91 Å². The Morgan fingerprint density at radius 3 is 2.88 bits per heavy atom. The molecule has 0 spiro atoms. The topological polar surface area (TPSA) is 50.2 Å². The number of amides is 1. The normalized spacial score (nSPS) is 16.0. The van der Waals surface area contributed by atoms with Crippen molar-refractivity contribution in [3.8, 4) is 5.69 Å². The van der Waals surface area contributed by atoms with Crippen molar-refractivity contribution in [3.05, 3.63) is 41.2 Å². The monoisotopic (exact) mass is 392 g/mol. The molecular weight excluding hydrogens is 368 g/mol. The van der Waals surface area contributed by atoms with E-state index in [1.165, 1.54) is 11.8 Å². The second kappa shape index (κ2) is 8.93. The number of halogens is 1. The molecular formula is C19H25ClN4OS. The summed E-state index contributed by atoms with van der Waals surface area (Å²) >= 11 is 7.68. The van der Waals surface area contributed by atoms with Crippen LogP contribution >= 0.6 is 23.4 Å². The van der Waals surface area contributed by atoms with Crippen LogP contribution in [-0.2, 0) is 4.79 Å². The molecule has 1 amide bonds. The van der Waals surface area contributed by atoms with Crippen molar-refractivity contribution in [1.82, 2.24) is 19.8 Å². The summed E-state index contributed by atoms with van der Waals surface area (Å²) in [5.74, 6) is 0.437. The van der Waals surface area contributed by atoms with Crippen LogP contribution in [0.25, 0.3) is 5.69 Å². The minimum Gasteiger partial charge on any atom is -0.353 e. The van der Waals surface area contributed by atoms with Crippen molar-refractivity contribution in [3.63, 3.8) is 0 Å². The van der Waals surface area contributed by atoms with E-state index < -0.39 is 0 Å². The highest BCUT2D eigenvalue weighted by Gasteiger charge is 2.20. The number of likely N-dealkylation sites (tertiary alicyclic amines) is 1. The van der Waals surface area contributed by atoms with Crippen LogP contribution in [-0.4, -0.2) is 51.8 Å². The Labute approximate surface area is 164 Å². The number of nitrogens with zero attached hydrogens (tertiary/aromatic N) is 3. The van der Waals surface area contributed by atoms with Gasteiger partial charge in [0.15, 0.2) is 5.16 Å². The number of aromatic nitrogens is 2. The average Bonchev–Trinajstić information content (AvgIpc) is 3.11. The van der Waals surface area contributed by atoms with Gasteiger partial charge in [-0.1, -0.05) is 36.4 Å². The van der Waals surface area contributed by atoms with Gasteiger partial charge in [0, 0.05) is 36.5 Å². The molecule has 7 heteroatoms. The number of carbonyl (C=O) groups is 1. The summed E-state index contributed by atoms with van der Waals surface area (Å²) in [7, 11) is 0. The van der Waals surface area contributed by atoms with E-state index in [1.807, 2.05) is 35.9 Å². The number of thioether (sulfide) groups is 1. The van der Waals surface area contributed by atoms with Gasteiger partial charge in [-0.25, -0.2) is 4.98 Å². The number of hydrogen-bond donors (Lipinski definition) is 1. The third-order valence-electron chi connectivity index (χ3n) is 4.84. The Hall–Kier alpha value is -1.50. The summed E-state index contributed by atoms with van der Waals surface area (Å²) in [5.41, 5.74) is 1.99. The molecule has 1 saturated heterocycles. The predicted molar refractivity (Wildman–Crippen MR) is 107 cm³/mol. The van der Waals surface area contributed by atoms with Gasteiger partial charge in [0.25, 0.3) is 0 Å². The van der Waals surface area contributed by atoms with Gasteiger partial charge in [-0.15, -0.1) is 0 Å². The first kappa shape index (κ1) is 19.3. The Bertz CT molecular complexity index is 756. The molecule has 0 aliphatic carbocycles. The van der Waals surface area contributed by atoms with Gasteiger partial charge in [-0.2, -0.15) is 0 Å². The molecule has 1 aromatic heterocycles. The van der Waals surface area contributed by atoms with E-state index in [2.05, 4.69) is 22.1 Å². The van der Waals surface area contributed by atoms with Crippen LogP contribution in [0.3, 0.4) is 0 Å². The van der Waals surface area contributed by atoms with Crippen molar-refractivity contribution < 1.29 is 4.79 Å². The molecule has 1 aliphatic rings. The summed E-state index contributed by atoms with van der Waals surface area (Å²) in [6.07, 6.45) is 5.71. The minimum atomic E-state index is 0.0716. The maximum absolute atomic E-state index is 12.3. The van der Waals surface area contributed by atoms with Gasteiger partial charge in [0.1, 0.15) is 0 Å². The largest absolute Gasteiger partial charge is 0.353 e. The molecule has 3 rings (SSSR count). The second-order valence-corrected chi connectivity index (χ2v) is 7.88. The number of rotatable bonds is 6. The number of hydrogen-bond acceptors (Lipinski definition) is 4. The lowest BCUT2D eigenvalue weighted by Gasteiger charge is -2.31. The molecule has 1 aromatic carbocycles. The first-order valence-electron chi connectivity index (χ1n) is 9.01. The molecule has 1 fully saturated rings. The van der Waals surface area contributed by atoms with Crippen LogP contribution in [0.4, 0.5) is 0 Å². The summed E-state index contributed by atoms with van der Waals surface area (Å²) < 4.78 is 1.99. The van der Waals surface area contributed by atoms with E-state index >= 15 is 0 Å². The maximum atomic E-state index is 12.3. The summed E-state index contributed by atoms with van der Waals surface area (Å²) in [6.45, 7) is 7.38. The zero-order valence-corrected chi connectivity index (χ0v) is 16.8. The van der Waals surface area contributed by atoms with E-state index in [1.54, 1.807) is 6.20 Å². The summed E-state index contributed by atoms with van der Waals surface area (Å²) in [4.78, 5) is 19.1. The third-order valence-corrected chi connectivity index (χ3v) is 6.21. The fourth-order valence-corrected chi connectivity index (χ4v) is 4.18. The second-order valence-electron chi connectivity index (χ2n) is 6.53. The van der Waals surface area contributed by atoms with Gasteiger partial charge < -0.3 is 10.2 Å².